The molecule has 0 bridgehead atoms. The van der Waals surface area contributed by atoms with Crippen molar-refractivity contribution in [2.45, 2.75) is 0 Å². The number of methoxy groups -OCH3 is 1. The third kappa shape index (κ3) is 1.77. The van der Waals surface area contributed by atoms with Crippen molar-refractivity contribution in [3.63, 3.8) is 0 Å². The van der Waals surface area contributed by atoms with Gasteiger partial charge in [0.2, 0.25) is 0 Å². The molecule has 0 radical (unpaired) electrons. The lowest BCUT2D eigenvalue weighted by atomic mass is 10.0. The number of nitrogens with one attached hydrogen (secondary N) is 1. The van der Waals surface area contributed by atoms with E-state index < -0.39 is 0 Å². The predicted molar refractivity (Wildman–Crippen MR) is 87.5 cm³/mol. The third-order valence-corrected chi connectivity index (χ3v) is 4.11. The van der Waals surface area contributed by atoms with E-state index in [1.54, 1.807) is 12.4 Å². The lowest BCUT2D eigenvalue weighted by Crippen LogP contribution is -2.02. The summed E-state index contributed by atoms with van der Waals surface area (Å²) in [7, 11) is 1.38. The fourth-order valence-corrected chi connectivity index (χ4v) is 3.05. The number of hydrogen-bond donors (Lipinski definition) is 1. The first-order chi connectivity index (χ1) is 10.7. The maximum absolute atomic E-state index is 12.1. The molecule has 0 fully saturated rings. The molecule has 0 unspecified atom stereocenters. The molecule has 2 heterocycles. The Kier molecular flexibility index (Phi) is 2.81. The lowest BCUT2D eigenvalue weighted by molar-refractivity contribution is 0.0603. The second kappa shape index (κ2) is 4.71. The fourth-order valence-electron chi connectivity index (χ4n) is 2.88. The number of hydrogen-bond acceptors (Lipinski definition) is 3. The zero-order chi connectivity index (χ0) is 15.3. The smallest absolute Gasteiger partial charge is 0.338 e. The van der Waals surface area contributed by atoms with E-state index in [9.17, 15) is 4.79 Å². The zero-order valence-electron chi connectivity index (χ0n) is 11.7. The first kappa shape index (κ1) is 13.1. The number of esters is 1. The van der Waals surface area contributed by atoms with Gasteiger partial charge in [0.15, 0.2) is 0 Å². The second-order valence-corrected chi connectivity index (χ2v) is 5.51. The monoisotopic (exact) mass is 310 g/mol. The summed E-state index contributed by atoms with van der Waals surface area (Å²) >= 11 is 6.11. The van der Waals surface area contributed by atoms with E-state index in [2.05, 4.69) is 9.97 Å². The molecule has 1 N–H and O–H groups in total. The Morgan fingerprint density at radius 2 is 2.00 bits per heavy atom. The van der Waals surface area contributed by atoms with Crippen molar-refractivity contribution < 1.29 is 9.53 Å². The van der Waals surface area contributed by atoms with Gasteiger partial charge in [-0.25, -0.2) is 4.79 Å². The van der Waals surface area contributed by atoms with Gasteiger partial charge in [0.1, 0.15) is 0 Å². The van der Waals surface area contributed by atoms with Gasteiger partial charge in [-0.05, 0) is 30.3 Å². The number of nitrogens with zero attached hydrogens (tertiary/aromatic N) is 1. The van der Waals surface area contributed by atoms with E-state index in [0.29, 0.717) is 10.6 Å². The van der Waals surface area contributed by atoms with Crippen molar-refractivity contribution in [3.8, 4) is 0 Å². The van der Waals surface area contributed by atoms with Crippen LogP contribution in [-0.4, -0.2) is 23.0 Å². The van der Waals surface area contributed by atoms with Gasteiger partial charge < -0.3 is 9.72 Å². The highest BCUT2D eigenvalue weighted by molar-refractivity contribution is 6.32. The second-order valence-electron chi connectivity index (χ2n) is 5.07. The average molecular weight is 311 g/mol. The molecular weight excluding hydrogens is 300 g/mol. The highest BCUT2D eigenvalue weighted by Crippen LogP contribution is 2.34. The van der Waals surface area contributed by atoms with Crippen LogP contribution in [-0.2, 0) is 4.74 Å². The Morgan fingerprint density at radius 1 is 1.14 bits per heavy atom. The van der Waals surface area contributed by atoms with E-state index >= 15 is 0 Å². The summed E-state index contributed by atoms with van der Waals surface area (Å²) in [6.07, 6.45) is 3.39. The normalized spacial score (nSPS) is 11.4. The van der Waals surface area contributed by atoms with Crippen molar-refractivity contribution in [2.75, 3.05) is 7.11 Å². The summed E-state index contributed by atoms with van der Waals surface area (Å²) in [5, 5.41) is 4.27. The van der Waals surface area contributed by atoms with Gasteiger partial charge in [-0.1, -0.05) is 11.6 Å². The first-order valence-corrected chi connectivity index (χ1v) is 7.13. The number of benzene rings is 2. The van der Waals surface area contributed by atoms with Gasteiger partial charge >= 0.3 is 5.97 Å². The molecular formula is C17H11ClN2O2. The number of H-pyrrole nitrogens is 1. The highest BCUT2D eigenvalue weighted by Gasteiger charge is 2.16. The maximum atomic E-state index is 12.1. The van der Waals surface area contributed by atoms with Crippen LogP contribution in [0, 0.1) is 0 Å². The van der Waals surface area contributed by atoms with Crippen LogP contribution in [0.1, 0.15) is 10.4 Å². The molecule has 0 amide bonds. The SMILES string of the molecule is COC(=O)c1cc2c3cc(Cl)ccc3[nH]c2c2ccncc12. The molecule has 0 atom stereocenters. The van der Waals surface area contributed by atoms with Crippen LogP contribution in [0.15, 0.2) is 42.7 Å². The highest BCUT2D eigenvalue weighted by atomic mass is 35.5. The molecule has 22 heavy (non-hydrogen) atoms. The van der Waals surface area contributed by atoms with E-state index in [-0.39, 0.29) is 5.97 Å². The minimum absolute atomic E-state index is 0.378. The number of pyridine rings is 1. The molecule has 4 aromatic rings. The Bertz CT molecular complexity index is 1050. The van der Waals surface area contributed by atoms with Crippen LogP contribution in [0.3, 0.4) is 0 Å². The number of carbonyl (C=O) groups is 1. The topological polar surface area (TPSA) is 55.0 Å². The average Bonchev–Trinajstić information content (AvgIpc) is 2.91. The Hall–Kier alpha value is -2.59. The van der Waals surface area contributed by atoms with Crippen LogP contribution in [0.25, 0.3) is 32.6 Å². The molecule has 108 valence electrons. The van der Waals surface area contributed by atoms with Crippen molar-refractivity contribution in [1.82, 2.24) is 9.97 Å². The van der Waals surface area contributed by atoms with Crippen LogP contribution in [0.2, 0.25) is 5.02 Å². The standard InChI is InChI=1S/C17H11ClN2O2/c1-22-17(21)13-7-12-11-6-9(18)2-3-15(11)20-16(12)10-4-5-19-8-14(10)13/h2-8,20H,1H3. The number of fused-ring (bicyclic) bond motifs is 5. The summed E-state index contributed by atoms with van der Waals surface area (Å²) in [6, 6.07) is 9.39. The number of rotatable bonds is 1. The minimum atomic E-state index is -0.378. The minimum Gasteiger partial charge on any atom is -0.465 e. The molecule has 0 spiro atoms. The van der Waals surface area contributed by atoms with Crippen LogP contribution in [0.5, 0.6) is 0 Å². The molecule has 4 nitrogen and oxygen atoms in total. The van der Waals surface area contributed by atoms with Gasteiger partial charge in [0.25, 0.3) is 0 Å². The fraction of sp³-hybridized carbons (Fsp3) is 0.0588. The van der Waals surface area contributed by atoms with Crippen molar-refractivity contribution in [3.05, 3.63) is 53.3 Å². The molecule has 0 saturated carbocycles. The van der Waals surface area contributed by atoms with Crippen molar-refractivity contribution in [1.29, 1.82) is 0 Å². The molecule has 2 aromatic carbocycles. The summed E-state index contributed by atoms with van der Waals surface area (Å²) in [5.74, 6) is -0.378. The molecule has 0 aliphatic heterocycles. The summed E-state index contributed by atoms with van der Waals surface area (Å²) < 4.78 is 4.90. The van der Waals surface area contributed by atoms with Crippen molar-refractivity contribution >= 4 is 50.1 Å². The molecule has 2 aromatic heterocycles. The summed E-state index contributed by atoms with van der Waals surface area (Å²) in [6.45, 7) is 0. The molecule has 0 aliphatic rings. The first-order valence-electron chi connectivity index (χ1n) is 6.75. The number of carbonyl (C=O) groups excluding carboxylic acids is 1. The van der Waals surface area contributed by atoms with E-state index in [1.165, 1.54) is 7.11 Å². The van der Waals surface area contributed by atoms with Gasteiger partial charge in [-0.3, -0.25) is 4.98 Å². The van der Waals surface area contributed by atoms with Crippen LogP contribution in [0.4, 0.5) is 0 Å². The number of ether oxygens (including phenoxy) is 1. The quantitative estimate of drug-likeness (QED) is 0.533. The van der Waals surface area contributed by atoms with Crippen LogP contribution < -0.4 is 0 Å². The van der Waals surface area contributed by atoms with Gasteiger partial charge in [-0.15, -0.1) is 0 Å². The number of aromatic amines is 1. The summed E-state index contributed by atoms with van der Waals surface area (Å²) in [5.41, 5.74) is 2.43. The molecule has 0 saturated heterocycles. The molecule has 5 heteroatoms. The molecule has 4 rings (SSSR count). The van der Waals surface area contributed by atoms with Gasteiger partial charge in [0, 0.05) is 44.5 Å². The number of aromatic nitrogens is 2. The maximum Gasteiger partial charge on any atom is 0.338 e. The van der Waals surface area contributed by atoms with Crippen molar-refractivity contribution in [2.24, 2.45) is 0 Å². The molecule has 0 aliphatic carbocycles. The van der Waals surface area contributed by atoms with Gasteiger partial charge in [0.05, 0.1) is 18.2 Å². The largest absolute Gasteiger partial charge is 0.465 e. The predicted octanol–water partition coefficient (Wildman–Crippen LogP) is 4.31. The van der Waals surface area contributed by atoms with Crippen LogP contribution >= 0.6 is 11.6 Å². The Balaban J connectivity index is 2.25. The van der Waals surface area contributed by atoms with E-state index in [0.717, 1.165) is 32.6 Å². The zero-order valence-corrected chi connectivity index (χ0v) is 12.4. The number of halogens is 1. The summed E-state index contributed by atoms with van der Waals surface area (Å²) in [4.78, 5) is 19.6. The van der Waals surface area contributed by atoms with E-state index in [4.69, 9.17) is 16.3 Å². The Morgan fingerprint density at radius 3 is 2.82 bits per heavy atom. The third-order valence-electron chi connectivity index (χ3n) is 3.88. The van der Waals surface area contributed by atoms with E-state index in [1.807, 2.05) is 30.3 Å². The van der Waals surface area contributed by atoms with Gasteiger partial charge in [-0.2, -0.15) is 0 Å². The lowest BCUT2D eigenvalue weighted by Gasteiger charge is -2.06. The Labute approximate surface area is 130 Å².